The van der Waals surface area contributed by atoms with Gasteiger partial charge in [0.1, 0.15) is 0 Å². The first kappa shape index (κ1) is 9.85. The van der Waals surface area contributed by atoms with Crippen LogP contribution in [0.3, 0.4) is 0 Å². The number of hydrogen-bond donors (Lipinski definition) is 2. The van der Waals surface area contributed by atoms with Gasteiger partial charge in [-0.25, -0.2) is 5.53 Å². The number of nitrogens with one attached hydrogen (secondary N) is 2. The van der Waals surface area contributed by atoms with Crippen LogP contribution >= 0.6 is 0 Å². The topological polar surface area (TPSA) is 94.5 Å². The second-order valence-electron chi connectivity index (χ2n) is 3.66. The van der Waals surface area contributed by atoms with E-state index in [-0.39, 0.29) is 6.17 Å². The van der Waals surface area contributed by atoms with Crippen molar-refractivity contribution in [3.05, 3.63) is 29.8 Å². The average Bonchev–Trinajstić information content (AvgIpc) is 3.00. The van der Waals surface area contributed by atoms with Gasteiger partial charge < -0.3 is 0 Å². The minimum absolute atomic E-state index is 0.0886. The first-order chi connectivity index (χ1) is 8.34. The molecular weight excluding hydrogens is 220 g/mol. The van der Waals surface area contributed by atoms with Crippen molar-refractivity contribution in [3.8, 4) is 11.4 Å². The molecule has 2 heterocycles. The molecule has 2 aromatic rings. The van der Waals surface area contributed by atoms with Crippen LogP contribution in [0.25, 0.3) is 11.4 Å². The number of aromatic nitrogens is 4. The highest BCUT2D eigenvalue weighted by molar-refractivity contribution is 5.54. The molecule has 0 saturated carbocycles. The third-order valence-corrected chi connectivity index (χ3v) is 2.55. The predicted octanol–water partition coefficient (Wildman–Crippen LogP) is 0.682. The van der Waals surface area contributed by atoms with E-state index in [1.807, 2.05) is 36.3 Å². The fraction of sp³-hybridized carbons (Fsp3) is 0.222. The lowest BCUT2D eigenvalue weighted by molar-refractivity contribution is 0.222. The quantitative estimate of drug-likeness (QED) is 0.791. The number of hydrazine groups is 1. The summed E-state index contributed by atoms with van der Waals surface area (Å²) in [6.45, 7) is 0. The smallest absolute Gasteiger partial charge is 0.204 e. The summed E-state index contributed by atoms with van der Waals surface area (Å²) in [5.74, 6) is 0.580. The van der Waals surface area contributed by atoms with Crippen LogP contribution in [-0.4, -0.2) is 32.7 Å². The Hall–Kier alpha value is -2.35. The van der Waals surface area contributed by atoms with Gasteiger partial charge >= 0.3 is 0 Å². The minimum Gasteiger partial charge on any atom is -0.220 e. The molecule has 17 heavy (non-hydrogen) atoms. The van der Waals surface area contributed by atoms with Crippen LogP contribution in [0.4, 0.5) is 0 Å². The lowest BCUT2D eigenvalue weighted by Crippen LogP contribution is -2.27. The molecule has 1 unspecified atom stereocenters. The zero-order valence-electron chi connectivity index (χ0n) is 9.07. The number of aromatic amines is 1. The number of H-pyrrole nitrogens is 1. The van der Waals surface area contributed by atoms with Crippen LogP contribution in [-0.2, 0) is 0 Å². The van der Waals surface area contributed by atoms with E-state index >= 15 is 0 Å². The lowest BCUT2D eigenvalue weighted by atomic mass is 10.1. The van der Waals surface area contributed by atoms with Crippen molar-refractivity contribution in [2.45, 2.75) is 6.17 Å². The number of tetrazole rings is 1. The molecule has 0 saturated heterocycles. The fourth-order valence-corrected chi connectivity index (χ4v) is 1.66. The zero-order valence-corrected chi connectivity index (χ0v) is 9.07. The molecule has 86 valence electrons. The van der Waals surface area contributed by atoms with E-state index in [4.69, 9.17) is 0 Å². The predicted molar refractivity (Wildman–Crippen MR) is 58.1 cm³/mol. The Balaban J connectivity index is 1.88. The first-order valence-corrected chi connectivity index (χ1v) is 5.07. The lowest BCUT2D eigenvalue weighted by Gasteiger charge is -2.15. The number of benzene rings is 1. The summed E-state index contributed by atoms with van der Waals surface area (Å²) < 4.78 is 0. The molecule has 0 bridgehead atoms. The summed E-state index contributed by atoms with van der Waals surface area (Å²) in [6, 6.07) is 7.81. The highest BCUT2D eigenvalue weighted by Gasteiger charge is 2.20. The normalized spacial score (nSPS) is 19.5. The summed E-state index contributed by atoms with van der Waals surface area (Å²) in [5, 5.41) is 23.4. The standard InChI is InChI=1S/C9H10N8/c1-17-9(12-15-16-17)7-4-2-6(3-5-7)8-10-13-14-11-8/h2-5,9H,1H3,(H,12,16)(H,10,11,13,14). The average molecular weight is 230 g/mol. The van der Waals surface area contributed by atoms with E-state index in [0.717, 1.165) is 11.1 Å². The summed E-state index contributed by atoms with van der Waals surface area (Å²) in [7, 11) is 1.89. The Morgan fingerprint density at radius 3 is 2.65 bits per heavy atom. The molecule has 0 amide bonds. The van der Waals surface area contributed by atoms with Crippen molar-refractivity contribution in [1.82, 2.24) is 31.2 Å². The Morgan fingerprint density at radius 1 is 1.24 bits per heavy atom. The highest BCUT2D eigenvalue weighted by atomic mass is 15.8. The Morgan fingerprint density at radius 2 is 2.06 bits per heavy atom. The van der Waals surface area contributed by atoms with Crippen molar-refractivity contribution in [1.29, 1.82) is 0 Å². The SMILES string of the molecule is CN1NN=NC1c1ccc(-c2nn[nH]n2)cc1. The fourth-order valence-electron chi connectivity index (χ4n) is 1.66. The van der Waals surface area contributed by atoms with E-state index < -0.39 is 0 Å². The molecule has 0 spiro atoms. The molecule has 0 radical (unpaired) electrons. The monoisotopic (exact) mass is 230 g/mol. The maximum atomic E-state index is 4.07. The summed E-state index contributed by atoms with van der Waals surface area (Å²) in [4.78, 5) is 0. The van der Waals surface area contributed by atoms with E-state index in [0.29, 0.717) is 5.82 Å². The molecule has 0 aliphatic carbocycles. The zero-order chi connectivity index (χ0) is 11.7. The Kier molecular flexibility index (Phi) is 2.26. The first-order valence-electron chi connectivity index (χ1n) is 5.07. The molecule has 2 N–H and O–H groups in total. The maximum Gasteiger partial charge on any atom is 0.204 e. The second-order valence-corrected chi connectivity index (χ2v) is 3.66. The van der Waals surface area contributed by atoms with Crippen molar-refractivity contribution in [3.63, 3.8) is 0 Å². The Bertz CT molecular complexity index is 516. The molecule has 8 nitrogen and oxygen atoms in total. The molecule has 1 aliphatic rings. The molecule has 1 aromatic heterocycles. The molecule has 1 aromatic carbocycles. The van der Waals surface area contributed by atoms with Crippen molar-refractivity contribution in [2.24, 2.45) is 10.3 Å². The van der Waals surface area contributed by atoms with Gasteiger partial charge in [0.15, 0.2) is 6.17 Å². The van der Waals surface area contributed by atoms with Crippen LogP contribution in [0.5, 0.6) is 0 Å². The van der Waals surface area contributed by atoms with Crippen LogP contribution < -0.4 is 5.53 Å². The van der Waals surface area contributed by atoms with Gasteiger partial charge in [-0.2, -0.15) is 10.2 Å². The van der Waals surface area contributed by atoms with Gasteiger partial charge in [-0.15, -0.1) is 15.3 Å². The molecule has 1 atom stereocenters. The Labute approximate surface area is 96.7 Å². The third kappa shape index (κ3) is 1.74. The summed E-state index contributed by atoms with van der Waals surface area (Å²) >= 11 is 0. The largest absolute Gasteiger partial charge is 0.220 e. The van der Waals surface area contributed by atoms with E-state index in [1.165, 1.54) is 0 Å². The van der Waals surface area contributed by atoms with Crippen LogP contribution in [0.15, 0.2) is 34.6 Å². The van der Waals surface area contributed by atoms with Crippen molar-refractivity contribution >= 4 is 0 Å². The van der Waals surface area contributed by atoms with Gasteiger partial charge in [0.25, 0.3) is 0 Å². The number of hydrogen-bond acceptors (Lipinski definition) is 7. The molecule has 0 fully saturated rings. The number of nitrogens with zero attached hydrogens (tertiary/aromatic N) is 6. The molecular formula is C9H10N8. The van der Waals surface area contributed by atoms with Crippen LogP contribution in [0.2, 0.25) is 0 Å². The van der Waals surface area contributed by atoms with Gasteiger partial charge in [0.2, 0.25) is 5.82 Å². The number of rotatable bonds is 2. The van der Waals surface area contributed by atoms with Gasteiger partial charge in [-0.3, -0.25) is 0 Å². The molecule has 1 aliphatic heterocycles. The molecule has 3 rings (SSSR count). The maximum absolute atomic E-state index is 4.07. The second kappa shape index (κ2) is 3.91. The highest BCUT2D eigenvalue weighted by Crippen LogP contribution is 2.24. The van der Waals surface area contributed by atoms with E-state index in [2.05, 4.69) is 36.5 Å². The van der Waals surface area contributed by atoms with Gasteiger partial charge in [-0.1, -0.05) is 29.5 Å². The van der Waals surface area contributed by atoms with Crippen molar-refractivity contribution in [2.75, 3.05) is 7.05 Å². The molecule has 8 heteroatoms. The van der Waals surface area contributed by atoms with Crippen molar-refractivity contribution < 1.29 is 0 Å². The summed E-state index contributed by atoms with van der Waals surface area (Å²) in [5.41, 5.74) is 4.72. The van der Waals surface area contributed by atoms with Crippen LogP contribution in [0, 0.1) is 0 Å². The summed E-state index contributed by atoms with van der Waals surface area (Å²) in [6.07, 6.45) is -0.0886. The van der Waals surface area contributed by atoms with Crippen LogP contribution in [0.1, 0.15) is 11.7 Å². The van der Waals surface area contributed by atoms with Gasteiger partial charge in [0, 0.05) is 12.6 Å². The van der Waals surface area contributed by atoms with Gasteiger partial charge in [0.05, 0.1) is 0 Å². The minimum atomic E-state index is -0.0886. The third-order valence-electron chi connectivity index (χ3n) is 2.55. The van der Waals surface area contributed by atoms with E-state index in [9.17, 15) is 0 Å². The van der Waals surface area contributed by atoms with E-state index in [1.54, 1.807) is 0 Å². The van der Waals surface area contributed by atoms with Gasteiger partial charge in [-0.05, 0) is 10.8 Å².